The topological polar surface area (TPSA) is 72.3 Å². The largest absolute Gasteiger partial charge is 0.338 e. The summed E-state index contributed by atoms with van der Waals surface area (Å²) in [6.45, 7) is 8.00. The zero-order valence-corrected chi connectivity index (χ0v) is 15.3. The summed E-state index contributed by atoms with van der Waals surface area (Å²) in [5, 5.41) is 3.73. The minimum Gasteiger partial charge on any atom is -0.338 e. The van der Waals surface area contributed by atoms with Crippen LogP contribution in [-0.4, -0.2) is 54.5 Å². The summed E-state index contributed by atoms with van der Waals surface area (Å²) in [6, 6.07) is 10.5. The molecule has 1 fully saturated rings. The second-order valence-electron chi connectivity index (χ2n) is 7.11. The van der Waals surface area contributed by atoms with E-state index in [9.17, 15) is 4.79 Å². The minimum atomic E-state index is 0.0115. The van der Waals surface area contributed by atoms with Crippen LogP contribution in [0, 0.1) is 5.92 Å². The second kappa shape index (κ2) is 10.1. The Kier molecular flexibility index (Phi) is 7.76. The van der Waals surface area contributed by atoms with E-state index in [0.29, 0.717) is 25.4 Å². The van der Waals surface area contributed by atoms with Crippen LogP contribution in [0.3, 0.4) is 0 Å². The number of azide groups is 1. The summed E-state index contributed by atoms with van der Waals surface area (Å²) in [5.74, 6) is 0.644. The number of rotatable bonds is 8. The Hall–Kier alpha value is -2.04. The monoisotopic (exact) mass is 343 g/mol. The molecule has 1 aliphatic heterocycles. The SMILES string of the molecule is CC(C)C[C@@H](CN=[N+]=[N-])N1CCN(CCc2ccccc2)CCC1=O. The first-order chi connectivity index (χ1) is 12.1. The number of nitrogens with zero attached hydrogens (tertiary/aromatic N) is 5. The standard InChI is InChI=1S/C19H29N5O/c1-16(2)14-18(15-21-22-20)24-13-12-23(11-9-19(24)25)10-8-17-6-4-3-5-7-17/h3-7,16,18H,8-15H2,1-2H3/t18-/m0/s1. The van der Waals surface area contributed by atoms with Gasteiger partial charge in [-0.15, -0.1) is 0 Å². The van der Waals surface area contributed by atoms with Gasteiger partial charge in [0.15, 0.2) is 0 Å². The zero-order valence-electron chi connectivity index (χ0n) is 15.3. The lowest BCUT2D eigenvalue weighted by Gasteiger charge is -2.31. The van der Waals surface area contributed by atoms with Gasteiger partial charge in [-0.25, -0.2) is 0 Å². The number of amides is 1. The summed E-state index contributed by atoms with van der Waals surface area (Å²) in [4.78, 5) is 19.8. The Labute approximate surface area is 150 Å². The molecule has 1 heterocycles. The molecule has 0 saturated carbocycles. The van der Waals surface area contributed by atoms with Crippen LogP contribution >= 0.6 is 0 Å². The molecular weight excluding hydrogens is 314 g/mol. The molecule has 0 aliphatic carbocycles. The van der Waals surface area contributed by atoms with E-state index in [1.165, 1.54) is 5.56 Å². The first kappa shape index (κ1) is 19.3. The van der Waals surface area contributed by atoms with Crippen molar-refractivity contribution >= 4 is 5.91 Å². The molecule has 0 radical (unpaired) electrons. The Bertz CT molecular complexity index is 583. The summed E-state index contributed by atoms with van der Waals surface area (Å²) < 4.78 is 0. The van der Waals surface area contributed by atoms with Gasteiger partial charge in [0.1, 0.15) is 0 Å². The van der Waals surface area contributed by atoms with Gasteiger partial charge in [0.25, 0.3) is 0 Å². The molecule has 1 saturated heterocycles. The predicted octanol–water partition coefficient (Wildman–Crippen LogP) is 3.49. The van der Waals surface area contributed by atoms with Crippen molar-refractivity contribution in [2.45, 2.75) is 39.2 Å². The van der Waals surface area contributed by atoms with Crippen LogP contribution in [0.15, 0.2) is 35.4 Å². The van der Waals surface area contributed by atoms with E-state index in [1.807, 2.05) is 11.0 Å². The maximum atomic E-state index is 12.6. The molecule has 1 amide bonds. The van der Waals surface area contributed by atoms with Gasteiger partial charge in [-0.2, -0.15) is 0 Å². The smallest absolute Gasteiger partial charge is 0.224 e. The Morgan fingerprint density at radius 1 is 1.20 bits per heavy atom. The minimum absolute atomic E-state index is 0.0115. The molecule has 1 aliphatic rings. The lowest BCUT2D eigenvalue weighted by molar-refractivity contribution is -0.132. The van der Waals surface area contributed by atoms with Crippen molar-refractivity contribution in [3.63, 3.8) is 0 Å². The fourth-order valence-electron chi connectivity index (χ4n) is 3.40. The zero-order chi connectivity index (χ0) is 18.1. The van der Waals surface area contributed by atoms with Crippen molar-refractivity contribution in [1.82, 2.24) is 9.80 Å². The maximum Gasteiger partial charge on any atom is 0.224 e. The van der Waals surface area contributed by atoms with E-state index in [2.05, 4.69) is 53.0 Å². The highest BCUT2D eigenvalue weighted by Gasteiger charge is 2.27. The highest BCUT2D eigenvalue weighted by molar-refractivity contribution is 5.77. The van der Waals surface area contributed by atoms with Gasteiger partial charge < -0.3 is 9.80 Å². The van der Waals surface area contributed by atoms with Gasteiger partial charge in [-0.3, -0.25) is 4.79 Å². The average Bonchev–Trinajstić information content (AvgIpc) is 2.79. The van der Waals surface area contributed by atoms with Crippen molar-refractivity contribution in [1.29, 1.82) is 0 Å². The molecule has 6 nitrogen and oxygen atoms in total. The molecule has 0 N–H and O–H groups in total. The lowest BCUT2D eigenvalue weighted by Crippen LogP contribution is -2.44. The Morgan fingerprint density at radius 3 is 2.64 bits per heavy atom. The molecule has 0 aromatic heterocycles. The van der Waals surface area contributed by atoms with E-state index in [0.717, 1.165) is 32.5 Å². The van der Waals surface area contributed by atoms with Crippen LogP contribution < -0.4 is 0 Å². The van der Waals surface area contributed by atoms with E-state index in [1.54, 1.807) is 0 Å². The van der Waals surface area contributed by atoms with Gasteiger partial charge in [0, 0.05) is 50.1 Å². The van der Waals surface area contributed by atoms with Crippen LogP contribution in [0.1, 0.15) is 32.3 Å². The Morgan fingerprint density at radius 2 is 1.96 bits per heavy atom. The van der Waals surface area contributed by atoms with Gasteiger partial charge in [-0.05, 0) is 29.9 Å². The lowest BCUT2D eigenvalue weighted by atomic mass is 10.0. The van der Waals surface area contributed by atoms with Crippen molar-refractivity contribution in [3.8, 4) is 0 Å². The summed E-state index contributed by atoms with van der Waals surface area (Å²) in [6.07, 6.45) is 2.41. The normalized spacial score (nSPS) is 17.2. The molecule has 0 spiro atoms. The summed E-state index contributed by atoms with van der Waals surface area (Å²) in [7, 11) is 0. The van der Waals surface area contributed by atoms with Gasteiger partial charge in [-0.1, -0.05) is 49.3 Å². The first-order valence-corrected chi connectivity index (χ1v) is 9.16. The fourth-order valence-corrected chi connectivity index (χ4v) is 3.40. The van der Waals surface area contributed by atoms with Crippen molar-refractivity contribution in [2.75, 3.05) is 32.7 Å². The van der Waals surface area contributed by atoms with E-state index in [-0.39, 0.29) is 11.9 Å². The molecule has 25 heavy (non-hydrogen) atoms. The number of benzene rings is 1. The summed E-state index contributed by atoms with van der Waals surface area (Å²) in [5.41, 5.74) is 9.97. The van der Waals surface area contributed by atoms with E-state index >= 15 is 0 Å². The highest BCUT2D eigenvalue weighted by atomic mass is 16.2. The molecule has 2 rings (SSSR count). The molecule has 0 unspecified atom stereocenters. The summed E-state index contributed by atoms with van der Waals surface area (Å²) >= 11 is 0. The molecule has 1 aromatic rings. The van der Waals surface area contributed by atoms with E-state index < -0.39 is 0 Å². The van der Waals surface area contributed by atoms with Crippen molar-refractivity contribution in [3.05, 3.63) is 46.3 Å². The van der Waals surface area contributed by atoms with Gasteiger partial charge >= 0.3 is 0 Å². The van der Waals surface area contributed by atoms with Crippen LogP contribution in [0.2, 0.25) is 0 Å². The number of hydrogen-bond acceptors (Lipinski definition) is 3. The third-order valence-corrected chi connectivity index (χ3v) is 4.72. The van der Waals surface area contributed by atoms with Crippen LogP contribution in [0.4, 0.5) is 0 Å². The quantitative estimate of drug-likeness (QED) is 0.412. The number of carbonyl (C=O) groups excluding carboxylic acids is 1. The third-order valence-electron chi connectivity index (χ3n) is 4.72. The van der Waals surface area contributed by atoms with Gasteiger partial charge in [0.2, 0.25) is 5.91 Å². The van der Waals surface area contributed by atoms with Crippen LogP contribution in [-0.2, 0) is 11.2 Å². The maximum absolute atomic E-state index is 12.6. The van der Waals surface area contributed by atoms with Crippen LogP contribution in [0.25, 0.3) is 10.4 Å². The Balaban J connectivity index is 1.93. The molecule has 136 valence electrons. The van der Waals surface area contributed by atoms with Crippen molar-refractivity contribution in [2.24, 2.45) is 11.0 Å². The van der Waals surface area contributed by atoms with Crippen LogP contribution in [0.5, 0.6) is 0 Å². The average molecular weight is 343 g/mol. The second-order valence-corrected chi connectivity index (χ2v) is 7.11. The number of carbonyl (C=O) groups is 1. The molecule has 1 atom stereocenters. The number of hydrogen-bond donors (Lipinski definition) is 0. The fraction of sp³-hybridized carbons (Fsp3) is 0.632. The molecule has 6 heteroatoms. The van der Waals surface area contributed by atoms with Gasteiger partial charge in [0.05, 0.1) is 0 Å². The molecule has 1 aromatic carbocycles. The predicted molar refractivity (Wildman–Crippen MR) is 100 cm³/mol. The molecule has 0 bridgehead atoms. The molecular formula is C19H29N5O. The van der Waals surface area contributed by atoms with Crippen molar-refractivity contribution < 1.29 is 4.79 Å². The van der Waals surface area contributed by atoms with E-state index in [4.69, 9.17) is 5.53 Å². The first-order valence-electron chi connectivity index (χ1n) is 9.16. The highest BCUT2D eigenvalue weighted by Crippen LogP contribution is 2.16. The third kappa shape index (κ3) is 6.40.